The Bertz CT molecular complexity index is 464. The van der Waals surface area contributed by atoms with E-state index in [0.29, 0.717) is 6.42 Å². The van der Waals surface area contributed by atoms with Gasteiger partial charge < -0.3 is 0 Å². The maximum Gasteiger partial charge on any atom is 0.218 e. The largest absolute Gasteiger partial charge is 0.272 e. The fraction of sp³-hybridized carbons (Fsp3) is 0.667. The molecule has 1 N–H and O–H groups in total. The first-order valence-electron chi connectivity index (χ1n) is 4.99. The van der Waals surface area contributed by atoms with Crippen molar-refractivity contribution in [1.29, 1.82) is 0 Å². The molecule has 84 valence electrons. The van der Waals surface area contributed by atoms with Crippen LogP contribution in [-0.4, -0.2) is 25.2 Å². The van der Waals surface area contributed by atoms with Crippen LogP contribution in [0.15, 0.2) is 6.20 Å². The van der Waals surface area contributed by atoms with E-state index in [2.05, 4.69) is 9.82 Å². The number of sulfonamides is 1. The molecule has 0 amide bonds. The molecule has 0 saturated carbocycles. The van der Waals surface area contributed by atoms with Gasteiger partial charge in [-0.1, -0.05) is 0 Å². The standard InChI is InChI=1S/C9H15N3O2S/c1-10-15(13,14)9-5-3-4-8-7(9)6-11-12(8)2/h6,9-10H,3-5H2,1-2H3. The lowest BCUT2D eigenvalue weighted by Crippen LogP contribution is -2.28. The number of aromatic nitrogens is 2. The highest BCUT2D eigenvalue weighted by Gasteiger charge is 2.32. The van der Waals surface area contributed by atoms with Gasteiger partial charge in [0.15, 0.2) is 0 Å². The van der Waals surface area contributed by atoms with Crippen molar-refractivity contribution in [3.05, 3.63) is 17.5 Å². The molecule has 15 heavy (non-hydrogen) atoms. The second-order valence-electron chi connectivity index (χ2n) is 3.80. The summed E-state index contributed by atoms with van der Waals surface area (Å²) >= 11 is 0. The highest BCUT2D eigenvalue weighted by molar-refractivity contribution is 7.89. The molecule has 1 atom stereocenters. The van der Waals surface area contributed by atoms with Crippen LogP contribution in [0.25, 0.3) is 0 Å². The van der Waals surface area contributed by atoms with Gasteiger partial charge in [0.05, 0.1) is 6.20 Å². The zero-order valence-electron chi connectivity index (χ0n) is 8.90. The Hall–Kier alpha value is -0.880. The molecule has 1 aliphatic rings. The van der Waals surface area contributed by atoms with Gasteiger partial charge in [-0.25, -0.2) is 13.1 Å². The SMILES string of the molecule is CNS(=O)(=O)C1CCCc2c1cnn2C. The topological polar surface area (TPSA) is 64.0 Å². The lowest BCUT2D eigenvalue weighted by molar-refractivity contribution is 0.546. The van der Waals surface area contributed by atoms with Crippen LogP contribution >= 0.6 is 0 Å². The zero-order chi connectivity index (χ0) is 11.1. The van der Waals surface area contributed by atoms with Crippen LogP contribution in [-0.2, 0) is 23.5 Å². The van der Waals surface area contributed by atoms with Gasteiger partial charge in [0.1, 0.15) is 5.25 Å². The predicted octanol–water partition coefficient (Wildman–Crippen LogP) is 0.347. The van der Waals surface area contributed by atoms with Crippen molar-refractivity contribution in [3.8, 4) is 0 Å². The van der Waals surface area contributed by atoms with Gasteiger partial charge in [-0.3, -0.25) is 4.68 Å². The lowest BCUT2D eigenvalue weighted by atomic mass is 9.98. The average Bonchev–Trinajstić information content (AvgIpc) is 2.60. The molecule has 2 rings (SSSR count). The Morgan fingerprint density at radius 1 is 1.60 bits per heavy atom. The van der Waals surface area contributed by atoms with E-state index in [1.54, 1.807) is 10.9 Å². The number of nitrogens with one attached hydrogen (secondary N) is 1. The van der Waals surface area contributed by atoms with Crippen LogP contribution in [0.2, 0.25) is 0 Å². The molecule has 0 spiro atoms. The molecule has 0 aliphatic heterocycles. The molecule has 0 bridgehead atoms. The van der Waals surface area contributed by atoms with Gasteiger partial charge in [0.2, 0.25) is 10.0 Å². The van der Waals surface area contributed by atoms with Crippen LogP contribution in [0, 0.1) is 0 Å². The van der Waals surface area contributed by atoms with Crippen molar-refractivity contribution in [3.63, 3.8) is 0 Å². The van der Waals surface area contributed by atoms with E-state index >= 15 is 0 Å². The van der Waals surface area contributed by atoms with Crippen molar-refractivity contribution < 1.29 is 8.42 Å². The zero-order valence-corrected chi connectivity index (χ0v) is 9.71. The second-order valence-corrected chi connectivity index (χ2v) is 5.87. The molecule has 1 aromatic heterocycles. The maximum absolute atomic E-state index is 11.8. The molecular formula is C9H15N3O2S. The number of nitrogens with zero attached hydrogens (tertiary/aromatic N) is 2. The van der Waals surface area contributed by atoms with Crippen molar-refractivity contribution in [1.82, 2.24) is 14.5 Å². The van der Waals surface area contributed by atoms with Crippen molar-refractivity contribution in [2.24, 2.45) is 7.05 Å². The fourth-order valence-electron chi connectivity index (χ4n) is 2.13. The highest BCUT2D eigenvalue weighted by Crippen LogP contribution is 2.34. The minimum atomic E-state index is -3.22. The van der Waals surface area contributed by atoms with E-state index in [0.717, 1.165) is 24.1 Å². The monoisotopic (exact) mass is 229 g/mol. The van der Waals surface area contributed by atoms with Crippen LogP contribution < -0.4 is 4.72 Å². The van der Waals surface area contributed by atoms with Gasteiger partial charge >= 0.3 is 0 Å². The summed E-state index contributed by atoms with van der Waals surface area (Å²) in [6, 6.07) is 0. The number of rotatable bonds is 2. The third kappa shape index (κ3) is 1.68. The highest BCUT2D eigenvalue weighted by atomic mass is 32.2. The smallest absolute Gasteiger partial charge is 0.218 e. The number of hydrogen-bond donors (Lipinski definition) is 1. The summed E-state index contributed by atoms with van der Waals surface area (Å²) < 4.78 is 27.7. The summed E-state index contributed by atoms with van der Waals surface area (Å²) in [5.41, 5.74) is 1.91. The Kier molecular flexibility index (Phi) is 2.56. The molecule has 0 aromatic carbocycles. The van der Waals surface area contributed by atoms with Crippen LogP contribution in [0.4, 0.5) is 0 Å². The summed E-state index contributed by atoms with van der Waals surface area (Å²) in [7, 11) is 0.0880. The molecule has 0 fully saturated rings. The van der Waals surface area contributed by atoms with Crippen LogP contribution in [0.1, 0.15) is 29.3 Å². The van der Waals surface area contributed by atoms with E-state index in [-0.39, 0.29) is 0 Å². The summed E-state index contributed by atoms with van der Waals surface area (Å²) in [6.07, 6.45) is 4.18. The third-order valence-corrected chi connectivity index (χ3v) is 4.79. The summed E-state index contributed by atoms with van der Waals surface area (Å²) in [6.45, 7) is 0. The number of hydrogen-bond acceptors (Lipinski definition) is 3. The summed E-state index contributed by atoms with van der Waals surface area (Å²) in [4.78, 5) is 0. The second kappa shape index (κ2) is 3.61. The Morgan fingerprint density at radius 2 is 2.33 bits per heavy atom. The first kappa shape index (κ1) is 10.6. The van der Waals surface area contributed by atoms with Crippen molar-refractivity contribution in [2.45, 2.75) is 24.5 Å². The van der Waals surface area contributed by atoms with Gasteiger partial charge in [0, 0.05) is 18.3 Å². The van der Waals surface area contributed by atoms with E-state index in [4.69, 9.17) is 0 Å². The van der Waals surface area contributed by atoms with Crippen LogP contribution in [0.3, 0.4) is 0 Å². The summed E-state index contributed by atoms with van der Waals surface area (Å²) in [5, 5.41) is 3.69. The third-order valence-electron chi connectivity index (χ3n) is 2.98. The minimum Gasteiger partial charge on any atom is -0.272 e. The van der Waals surface area contributed by atoms with E-state index in [9.17, 15) is 8.42 Å². The average molecular weight is 229 g/mol. The first-order chi connectivity index (χ1) is 7.06. The number of fused-ring (bicyclic) bond motifs is 1. The molecule has 0 radical (unpaired) electrons. The Labute approximate surface area is 89.5 Å². The quantitative estimate of drug-likeness (QED) is 0.795. The van der Waals surface area contributed by atoms with Gasteiger partial charge in [-0.2, -0.15) is 5.10 Å². The Morgan fingerprint density at radius 3 is 3.00 bits per heavy atom. The van der Waals surface area contributed by atoms with Crippen LogP contribution in [0.5, 0.6) is 0 Å². The molecule has 1 heterocycles. The number of aryl methyl sites for hydroxylation is 1. The molecule has 6 heteroatoms. The molecule has 0 saturated heterocycles. The van der Waals surface area contributed by atoms with Crippen molar-refractivity contribution in [2.75, 3.05) is 7.05 Å². The normalized spacial score (nSPS) is 21.3. The minimum absolute atomic E-state index is 0.431. The fourth-order valence-corrected chi connectivity index (χ4v) is 3.42. The molecule has 1 aromatic rings. The molecule has 1 aliphatic carbocycles. The lowest BCUT2D eigenvalue weighted by Gasteiger charge is -2.22. The maximum atomic E-state index is 11.8. The van der Waals surface area contributed by atoms with E-state index < -0.39 is 15.3 Å². The van der Waals surface area contributed by atoms with E-state index in [1.165, 1.54) is 7.05 Å². The molecule has 5 nitrogen and oxygen atoms in total. The summed E-state index contributed by atoms with van der Waals surface area (Å²) in [5.74, 6) is 0. The van der Waals surface area contributed by atoms with Gasteiger partial charge in [-0.05, 0) is 26.3 Å². The van der Waals surface area contributed by atoms with Crippen molar-refractivity contribution >= 4 is 10.0 Å². The Balaban J connectivity index is 2.47. The molecular weight excluding hydrogens is 214 g/mol. The first-order valence-corrected chi connectivity index (χ1v) is 6.54. The predicted molar refractivity (Wildman–Crippen MR) is 56.9 cm³/mol. The van der Waals surface area contributed by atoms with E-state index in [1.807, 2.05) is 7.05 Å². The van der Waals surface area contributed by atoms with Gasteiger partial charge in [0.25, 0.3) is 0 Å². The van der Waals surface area contributed by atoms with Gasteiger partial charge in [-0.15, -0.1) is 0 Å². The molecule has 1 unspecified atom stereocenters.